The van der Waals surface area contributed by atoms with E-state index in [0.717, 1.165) is 18.2 Å². The quantitative estimate of drug-likeness (QED) is 0.756. The lowest BCUT2D eigenvalue weighted by molar-refractivity contribution is 0.588. The Labute approximate surface area is 120 Å². The molecule has 0 fully saturated rings. The van der Waals surface area contributed by atoms with Crippen LogP contribution < -0.4 is 15.8 Å². The summed E-state index contributed by atoms with van der Waals surface area (Å²) in [6.45, 7) is 0. The van der Waals surface area contributed by atoms with E-state index in [0.29, 0.717) is 0 Å². The molecule has 0 heterocycles. The van der Waals surface area contributed by atoms with Crippen LogP contribution >= 0.6 is 0 Å². The molecule has 112 valence electrons. The van der Waals surface area contributed by atoms with Gasteiger partial charge in [-0.15, -0.1) is 0 Å². The Balaban J connectivity index is 2.52. The van der Waals surface area contributed by atoms with Crippen LogP contribution in [0.25, 0.3) is 0 Å². The molecule has 0 saturated heterocycles. The number of rotatable bonds is 4. The van der Waals surface area contributed by atoms with Crippen LogP contribution in [0.3, 0.4) is 0 Å². The summed E-state index contributed by atoms with van der Waals surface area (Å²) >= 11 is 0. The fourth-order valence-electron chi connectivity index (χ4n) is 1.71. The van der Waals surface area contributed by atoms with Crippen LogP contribution in [-0.2, 0) is 10.0 Å². The third kappa shape index (κ3) is 3.29. The summed E-state index contributed by atoms with van der Waals surface area (Å²) in [6, 6.07) is 6.90. The van der Waals surface area contributed by atoms with Gasteiger partial charge in [0.2, 0.25) is 10.0 Å². The molecule has 2 aromatic rings. The van der Waals surface area contributed by atoms with E-state index >= 15 is 0 Å². The van der Waals surface area contributed by atoms with Crippen molar-refractivity contribution < 1.29 is 17.2 Å². The van der Waals surface area contributed by atoms with E-state index in [2.05, 4.69) is 10.0 Å². The van der Waals surface area contributed by atoms with Crippen LogP contribution in [0.1, 0.15) is 0 Å². The minimum Gasteiger partial charge on any atom is -0.399 e. The van der Waals surface area contributed by atoms with Gasteiger partial charge in [-0.05, 0) is 37.4 Å². The van der Waals surface area contributed by atoms with Crippen molar-refractivity contribution in [2.75, 3.05) is 18.1 Å². The molecule has 8 heteroatoms. The Kier molecular flexibility index (Phi) is 4.10. The van der Waals surface area contributed by atoms with Crippen LogP contribution in [0, 0.1) is 11.6 Å². The highest BCUT2D eigenvalue weighted by Crippen LogP contribution is 2.28. The van der Waals surface area contributed by atoms with Crippen molar-refractivity contribution in [2.45, 2.75) is 4.90 Å². The second kappa shape index (κ2) is 5.66. The van der Waals surface area contributed by atoms with Crippen LogP contribution in [0.15, 0.2) is 41.3 Å². The lowest BCUT2D eigenvalue weighted by Crippen LogP contribution is -2.20. The molecule has 0 atom stereocenters. The fraction of sp³-hybridized carbons (Fsp3) is 0.0769. The van der Waals surface area contributed by atoms with Crippen LogP contribution in [0.5, 0.6) is 0 Å². The zero-order chi connectivity index (χ0) is 15.6. The topological polar surface area (TPSA) is 84.2 Å². The van der Waals surface area contributed by atoms with Gasteiger partial charge in [-0.25, -0.2) is 21.9 Å². The van der Waals surface area contributed by atoms with Gasteiger partial charge < -0.3 is 11.1 Å². The number of nitrogens with two attached hydrogens (primary N) is 1. The van der Waals surface area contributed by atoms with Crippen LogP contribution in [0.4, 0.5) is 25.8 Å². The van der Waals surface area contributed by atoms with E-state index < -0.39 is 21.7 Å². The number of hydrogen-bond donors (Lipinski definition) is 3. The standard InChI is InChI=1S/C13H13F2N3O2S/c1-17-21(19,20)13-7-9(16)3-5-11(13)18-12-6-8(14)2-4-10(12)15/h2-7,17-18H,16H2,1H3. The summed E-state index contributed by atoms with van der Waals surface area (Å²) in [5.74, 6) is -1.35. The highest BCUT2D eigenvalue weighted by Gasteiger charge is 2.18. The van der Waals surface area contributed by atoms with E-state index in [-0.39, 0.29) is 22.0 Å². The summed E-state index contributed by atoms with van der Waals surface area (Å²) in [6.07, 6.45) is 0. The maximum absolute atomic E-state index is 13.6. The molecule has 0 aliphatic heterocycles. The van der Waals surface area contributed by atoms with Crippen molar-refractivity contribution in [3.8, 4) is 0 Å². The highest BCUT2D eigenvalue weighted by atomic mass is 32.2. The molecule has 0 radical (unpaired) electrons. The van der Waals surface area contributed by atoms with Gasteiger partial charge >= 0.3 is 0 Å². The minimum atomic E-state index is -3.80. The van der Waals surface area contributed by atoms with Crippen LogP contribution in [-0.4, -0.2) is 15.5 Å². The Bertz CT molecular complexity index is 779. The first kappa shape index (κ1) is 15.2. The summed E-state index contributed by atoms with van der Waals surface area (Å²) in [5.41, 5.74) is 5.72. The fourth-order valence-corrected chi connectivity index (χ4v) is 2.63. The van der Waals surface area contributed by atoms with E-state index in [1.807, 2.05) is 0 Å². The van der Waals surface area contributed by atoms with Gasteiger partial charge in [-0.3, -0.25) is 0 Å². The average Bonchev–Trinajstić information content (AvgIpc) is 2.44. The summed E-state index contributed by atoms with van der Waals surface area (Å²) in [5, 5.41) is 2.56. The second-order valence-corrected chi connectivity index (χ2v) is 6.07. The van der Waals surface area contributed by atoms with Crippen molar-refractivity contribution in [2.24, 2.45) is 0 Å². The SMILES string of the molecule is CNS(=O)(=O)c1cc(N)ccc1Nc1cc(F)ccc1F. The largest absolute Gasteiger partial charge is 0.399 e. The lowest BCUT2D eigenvalue weighted by atomic mass is 10.2. The number of nitrogen functional groups attached to an aromatic ring is 1. The first-order valence-corrected chi connectivity index (χ1v) is 7.37. The molecule has 0 bridgehead atoms. The number of benzene rings is 2. The first-order valence-electron chi connectivity index (χ1n) is 5.88. The molecular weight excluding hydrogens is 300 g/mol. The molecule has 0 aliphatic rings. The van der Waals surface area contributed by atoms with Gasteiger partial charge in [0.25, 0.3) is 0 Å². The van der Waals surface area contributed by atoms with E-state index in [9.17, 15) is 17.2 Å². The van der Waals surface area contributed by atoms with Crippen LogP contribution in [0.2, 0.25) is 0 Å². The van der Waals surface area contributed by atoms with Crippen molar-refractivity contribution >= 4 is 27.1 Å². The zero-order valence-electron chi connectivity index (χ0n) is 11.0. The predicted octanol–water partition coefficient (Wildman–Crippen LogP) is 2.20. The van der Waals surface area contributed by atoms with Gasteiger partial charge in [0.15, 0.2) is 0 Å². The Morgan fingerprint density at radius 3 is 2.43 bits per heavy atom. The normalized spacial score (nSPS) is 11.4. The lowest BCUT2D eigenvalue weighted by Gasteiger charge is -2.13. The van der Waals surface area contributed by atoms with E-state index in [1.165, 1.54) is 25.2 Å². The molecule has 5 nitrogen and oxygen atoms in total. The second-order valence-electron chi connectivity index (χ2n) is 4.21. The smallest absolute Gasteiger partial charge is 0.242 e. The van der Waals surface area contributed by atoms with Crippen molar-refractivity contribution in [3.63, 3.8) is 0 Å². The maximum Gasteiger partial charge on any atom is 0.242 e. The third-order valence-electron chi connectivity index (χ3n) is 2.76. The number of anilines is 3. The molecular formula is C13H13F2N3O2S. The average molecular weight is 313 g/mol. The maximum atomic E-state index is 13.6. The summed E-state index contributed by atoms with van der Waals surface area (Å²) < 4.78 is 52.8. The minimum absolute atomic E-state index is 0.0862. The van der Waals surface area contributed by atoms with E-state index in [4.69, 9.17) is 5.73 Å². The zero-order valence-corrected chi connectivity index (χ0v) is 11.8. The number of hydrogen-bond acceptors (Lipinski definition) is 4. The summed E-state index contributed by atoms with van der Waals surface area (Å²) in [4.78, 5) is -0.159. The number of nitrogens with one attached hydrogen (secondary N) is 2. The molecule has 0 spiro atoms. The van der Waals surface area contributed by atoms with Gasteiger partial charge in [0.05, 0.1) is 11.4 Å². The van der Waals surface area contributed by atoms with Crippen molar-refractivity contribution in [3.05, 3.63) is 48.0 Å². The summed E-state index contributed by atoms with van der Waals surface area (Å²) in [7, 11) is -2.56. The van der Waals surface area contributed by atoms with Crippen molar-refractivity contribution in [1.82, 2.24) is 4.72 Å². The molecule has 0 aromatic heterocycles. The molecule has 0 aliphatic carbocycles. The molecule has 4 N–H and O–H groups in total. The first-order chi connectivity index (χ1) is 9.83. The Hall–Kier alpha value is -2.19. The number of halogens is 2. The molecule has 0 amide bonds. The molecule has 2 aromatic carbocycles. The third-order valence-corrected chi connectivity index (χ3v) is 4.22. The predicted molar refractivity (Wildman–Crippen MR) is 76.7 cm³/mol. The number of sulfonamides is 1. The van der Waals surface area contributed by atoms with Gasteiger partial charge in [-0.2, -0.15) is 0 Å². The Morgan fingerprint density at radius 1 is 1.05 bits per heavy atom. The van der Waals surface area contributed by atoms with Gasteiger partial charge in [0, 0.05) is 11.8 Å². The molecule has 0 saturated carbocycles. The molecule has 0 unspecified atom stereocenters. The highest BCUT2D eigenvalue weighted by molar-refractivity contribution is 7.89. The molecule has 21 heavy (non-hydrogen) atoms. The van der Waals surface area contributed by atoms with Gasteiger partial charge in [-0.1, -0.05) is 0 Å². The van der Waals surface area contributed by atoms with Crippen molar-refractivity contribution in [1.29, 1.82) is 0 Å². The Morgan fingerprint density at radius 2 is 1.76 bits per heavy atom. The van der Waals surface area contributed by atoms with E-state index in [1.54, 1.807) is 0 Å². The molecule has 2 rings (SSSR count). The van der Waals surface area contributed by atoms with Gasteiger partial charge in [0.1, 0.15) is 16.5 Å². The monoisotopic (exact) mass is 313 g/mol.